The topological polar surface area (TPSA) is 98.4 Å². The third-order valence-electron chi connectivity index (χ3n) is 6.43. The molecule has 172 valence electrons. The van der Waals surface area contributed by atoms with E-state index in [1.807, 2.05) is 19.1 Å². The van der Waals surface area contributed by atoms with E-state index >= 15 is 0 Å². The van der Waals surface area contributed by atoms with Gasteiger partial charge in [0.05, 0.1) is 31.1 Å². The number of hydrogen-bond acceptors (Lipinski definition) is 8. The highest BCUT2D eigenvalue weighted by Gasteiger charge is 2.39. The van der Waals surface area contributed by atoms with Crippen LogP contribution in [0.15, 0.2) is 36.5 Å². The minimum absolute atomic E-state index is 0.378. The summed E-state index contributed by atoms with van der Waals surface area (Å²) in [5.74, 6) is 0.991. The standard InChI is InChI=1S/C25H30N6O2/c1-15-10-17(4-5-22(15)31-13-20-12-19(31)14-33-20)29-25-27-8-6-21(30-25)23-16(2)11-18(7-9-32-3)28-24(23)26/h4-6,8,10-11,19-20H,7,9,12-14H2,1-3H3,(H2,26,28)(H,27,29,30)/t19-,20-/m0/s1. The van der Waals surface area contributed by atoms with Gasteiger partial charge in [-0.2, -0.15) is 0 Å². The van der Waals surface area contributed by atoms with Gasteiger partial charge in [0.25, 0.3) is 0 Å². The molecule has 0 aliphatic carbocycles. The number of hydrogen-bond donors (Lipinski definition) is 2. The molecular weight excluding hydrogens is 416 g/mol. The van der Waals surface area contributed by atoms with Gasteiger partial charge in [-0.05, 0) is 61.7 Å². The summed E-state index contributed by atoms with van der Waals surface area (Å²) < 4.78 is 10.9. The van der Waals surface area contributed by atoms with Crippen molar-refractivity contribution in [3.05, 3.63) is 53.3 Å². The van der Waals surface area contributed by atoms with Crippen molar-refractivity contribution in [1.29, 1.82) is 0 Å². The number of ether oxygens (including phenoxy) is 2. The number of nitrogen functional groups attached to an aromatic ring is 1. The van der Waals surface area contributed by atoms with E-state index in [2.05, 4.69) is 45.3 Å². The van der Waals surface area contributed by atoms with E-state index in [-0.39, 0.29) is 0 Å². The Bertz CT molecular complexity index is 1140. The molecular formula is C25H30N6O2. The lowest BCUT2D eigenvalue weighted by molar-refractivity contribution is 0.0991. The van der Waals surface area contributed by atoms with Crippen LogP contribution in [-0.2, 0) is 15.9 Å². The van der Waals surface area contributed by atoms with Crippen LogP contribution in [0.4, 0.5) is 23.1 Å². The predicted molar refractivity (Wildman–Crippen MR) is 130 cm³/mol. The number of benzene rings is 1. The number of fused-ring (bicyclic) bond motifs is 2. The first-order chi connectivity index (χ1) is 16.0. The van der Waals surface area contributed by atoms with Crippen LogP contribution in [0.3, 0.4) is 0 Å². The highest BCUT2D eigenvalue weighted by molar-refractivity contribution is 5.75. The van der Waals surface area contributed by atoms with Crippen LogP contribution >= 0.6 is 0 Å². The molecule has 0 spiro atoms. The smallest absolute Gasteiger partial charge is 0.227 e. The predicted octanol–water partition coefficient (Wildman–Crippen LogP) is 3.65. The molecule has 4 heterocycles. The van der Waals surface area contributed by atoms with Gasteiger partial charge in [-0.1, -0.05) is 0 Å². The number of pyridine rings is 1. The SMILES string of the molecule is COCCc1cc(C)c(-c2ccnc(Nc3ccc(N4C[C@@H]5C[C@H]4CO5)c(C)c3)n2)c(N)n1. The summed E-state index contributed by atoms with van der Waals surface area (Å²) in [7, 11) is 1.68. The van der Waals surface area contributed by atoms with E-state index in [0.717, 1.165) is 54.2 Å². The van der Waals surface area contributed by atoms with Gasteiger partial charge in [0.15, 0.2) is 0 Å². The molecule has 2 aromatic heterocycles. The molecule has 2 fully saturated rings. The van der Waals surface area contributed by atoms with E-state index in [9.17, 15) is 0 Å². The van der Waals surface area contributed by atoms with Crippen LogP contribution in [-0.4, -0.2) is 54.0 Å². The van der Waals surface area contributed by atoms with Crippen molar-refractivity contribution in [2.45, 2.75) is 38.8 Å². The molecule has 2 aliphatic rings. The lowest BCUT2D eigenvalue weighted by atomic mass is 10.0. The third kappa shape index (κ3) is 4.36. The molecule has 2 atom stereocenters. The summed E-state index contributed by atoms with van der Waals surface area (Å²) in [6.45, 7) is 6.58. The molecule has 8 heteroatoms. The van der Waals surface area contributed by atoms with Crippen LogP contribution in [0.1, 0.15) is 23.2 Å². The zero-order valence-electron chi connectivity index (χ0n) is 19.3. The number of nitrogens with two attached hydrogens (primary N) is 1. The number of aryl methyl sites for hydroxylation is 2. The molecule has 0 amide bonds. The summed E-state index contributed by atoms with van der Waals surface area (Å²) in [5, 5.41) is 3.34. The van der Waals surface area contributed by atoms with E-state index in [1.54, 1.807) is 13.3 Å². The Morgan fingerprint density at radius 1 is 1.18 bits per heavy atom. The van der Waals surface area contributed by atoms with Crippen LogP contribution in [0.25, 0.3) is 11.3 Å². The zero-order valence-corrected chi connectivity index (χ0v) is 19.3. The number of nitrogens with one attached hydrogen (secondary N) is 1. The lowest BCUT2D eigenvalue weighted by Gasteiger charge is -2.30. The Hall–Kier alpha value is -3.23. The van der Waals surface area contributed by atoms with Crippen molar-refractivity contribution in [1.82, 2.24) is 15.0 Å². The largest absolute Gasteiger partial charge is 0.384 e. The number of aromatic nitrogens is 3. The molecule has 1 aromatic carbocycles. The first-order valence-electron chi connectivity index (χ1n) is 11.4. The molecule has 33 heavy (non-hydrogen) atoms. The maximum Gasteiger partial charge on any atom is 0.227 e. The van der Waals surface area contributed by atoms with Crippen molar-refractivity contribution < 1.29 is 9.47 Å². The maximum absolute atomic E-state index is 6.30. The average molecular weight is 447 g/mol. The van der Waals surface area contributed by atoms with Crippen LogP contribution in [0, 0.1) is 13.8 Å². The summed E-state index contributed by atoms with van der Waals surface area (Å²) in [5.41, 5.74) is 13.3. The molecule has 2 bridgehead atoms. The Morgan fingerprint density at radius 2 is 2.06 bits per heavy atom. The highest BCUT2D eigenvalue weighted by Crippen LogP contribution is 2.35. The number of anilines is 4. The van der Waals surface area contributed by atoms with Crippen molar-refractivity contribution in [3.8, 4) is 11.3 Å². The second-order valence-corrected chi connectivity index (χ2v) is 8.82. The summed E-state index contributed by atoms with van der Waals surface area (Å²) in [4.78, 5) is 16.1. The summed E-state index contributed by atoms with van der Waals surface area (Å²) in [6.07, 6.45) is 3.97. The van der Waals surface area contributed by atoms with E-state index in [4.69, 9.17) is 20.2 Å². The monoisotopic (exact) mass is 446 g/mol. The van der Waals surface area contributed by atoms with Gasteiger partial charge in [0.2, 0.25) is 5.95 Å². The van der Waals surface area contributed by atoms with E-state index < -0.39 is 0 Å². The lowest BCUT2D eigenvalue weighted by Crippen LogP contribution is -2.37. The summed E-state index contributed by atoms with van der Waals surface area (Å²) >= 11 is 0. The Kier molecular flexibility index (Phi) is 5.86. The van der Waals surface area contributed by atoms with Gasteiger partial charge in [-0.15, -0.1) is 0 Å². The van der Waals surface area contributed by atoms with Gasteiger partial charge in [0, 0.05) is 48.9 Å². The second kappa shape index (κ2) is 8.96. The highest BCUT2D eigenvalue weighted by atomic mass is 16.5. The summed E-state index contributed by atoms with van der Waals surface area (Å²) in [6, 6.07) is 10.8. The molecule has 2 aliphatic heterocycles. The van der Waals surface area contributed by atoms with Gasteiger partial charge < -0.3 is 25.4 Å². The van der Waals surface area contributed by atoms with E-state index in [0.29, 0.717) is 30.5 Å². The quantitative estimate of drug-likeness (QED) is 0.568. The Balaban J connectivity index is 1.35. The van der Waals surface area contributed by atoms with Gasteiger partial charge >= 0.3 is 0 Å². The molecule has 5 rings (SSSR count). The number of rotatable bonds is 7. The van der Waals surface area contributed by atoms with Gasteiger partial charge in [-0.3, -0.25) is 0 Å². The molecule has 3 aromatic rings. The van der Waals surface area contributed by atoms with Crippen LogP contribution in [0.2, 0.25) is 0 Å². The first-order valence-corrected chi connectivity index (χ1v) is 11.4. The maximum atomic E-state index is 6.30. The number of nitrogens with zero attached hydrogens (tertiary/aromatic N) is 4. The molecule has 0 saturated carbocycles. The molecule has 3 N–H and O–H groups in total. The molecule has 0 radical (unpaired) electrons. The molecule has 8 nitrogen and oxygen atoms in total. The van der Waals surface area contributed by atoms with Crippen molar-refractivity contribution in [2.24, 2.45) is 0 Å². The second-order valence-electron chi connectivity index (χ2n) is 8.82. The Labute approximate surface area is 194 Å². The van der Waals surface area contributed by atoms with Crippen LogP contribution in [0.5, 0.6) is 0 Å². The number of morpholine rings is 1. The molecule has 2 saturated heterocycles. The van der Waals surface area contributed by atoms with Crippen LogP contribution < -0.4 is 16.0 Å². The van der Waals surface area contributed by atoms with Gasteiger partial charge in [-0.25, -0.2) is 15.0 Å². The Morgan fingerprint density at radius 3 is 2.76 bits per heavy atom. The number of methoxy groups -OCH3 is 1. The minimum Gasteiger partial charge on any atom is -0.384 e. The van der Waals surface area contributed by atoms with Crippen molar-refractivity contribution in [2.75, 3.05) is 42.8 Å². The first kappa shape index (κ1) is 21.6. The average Bonchev–Trinajstić information content (AvgIpc) is 3.41. The minimum atomic E-state index is 0.378. The normalized spacial score (nSPS) is 19.3. The van der Waals surface area contributed by atoms with E-state index in [1.165, 1.54) is 11.3 Å². The fourth-order valence-corrected chi connectivity index (χ4v) is 4.87. The van der Waals surface area contributed by atoms with Gasteiger partial charge in [0.1, 0.15) is 5.82 Å². The molecule has 0 unspecified atom stereocenters. The fraction of sp³-hybridized carbons (Fsp3) is 0.400. The third-order valence-corrected chi connectivity index (χ3v) is 6.43. The fourth-order valence-electron chi connectivity index (χ4n) is 4.87. The van der Waals surface area contributed by atoms with Crippen molar-refractivity contribution >= 4 is 23.1 Å². The van der Waals surface area contributed by atoms with Crippen molar-refractivity contribution in [3.63, 3.8) is 0 Å². The zero-order chi connectivity index (χ0) is 22.9.